The number of nitro groups is 1. The molecule has 2 aromatic carbocycles. The normalized spacial score (nSPS) is 12.9. The van der Waals surface area contributed by atoms with Crippen molar-refractivity contribution < 1.29 is 32.3 Å². The number of carbonyl (C=O) groups excluding carboxylic acids is 1. The second kappa shape index (κ2) is 7.70. The lowest BCUT2D eigenvalue weighted by Crippen LogP contribution is -2.41. The van der Waals surface area contributed by atoms with Crippen molar-refractivity contribution in [2.45, 2.75) is 4.90 Å². The second-order valence-electron chi connectivity index (χ2n) is 5.51. The van der Waals surface area contributed by atoms with E-state index >= 15 is 0 Å². The Morgan fingerprint density at radius 3 is 2.54 bits per heavy atom. The minimum atomic E-state index is -4.42. The van der Waals surface area contributed by atoms with Crippen LogP contribution in [0.4, 0.5) is 5.69 Å². The summed E-state index contributed by atoms with van der Waals surface area (Å²) in [6, 6.07) is 7.57. The van der Waals surface area contributed by atoms with Crippen LogP contribution in [0.1, 0.15) is 10.4 Å². The number of carbonyl (C=O) groups is 1. The Morgan fingerprint density at radius 1 is 1.14 bits per heavy atom. The highest BCUT2D eigenvalue weighted by Crippen LogP contribution is 2.31. The third-order valence-electron chi connectivity index (χ3n) is 3.76. The number of ether oxygens (including phenoxy) is 3. The lowest BCUT2D eigenvalue weighted by atomic mass is 10.2. The van der Waals surface area contributed by atoms with Crippen LogP contribution in [0.25, 0.3) is 0 Å². The molecule has 0 bridgehead atoms. The molecule has 0 saturated carbocycles. The van der Waals surface area contributed by atoms with E-state index < -0.39 is 31.4 Å². The van der Waals surface area contributed by atoms with Crippen molar-refractivity contribution in [1.29, 1.82) is 0 Å². The van der Waals surface area contributed by atoms with Gasteiger partial charge >= 0.3 is 0 Å². The van der Waals surface area contributed by atoms with E-state index in [4.69, 9.17) is 14.2 Å². The van der Waals surface area contributed by atoms with Gasteiger partial charge in [-0.25, -0.2) is 8.42 Å². The quantitative estimate of drug-likeness (QED) is 0.531. The molecule has 1 amide bonds. The second-order valence-corrected chi connectivity index (χ2v) is 7.16. The van der Waals surface area contributed by atoms with Gasteiger partial charge in [0.1, 0.15) is 19.0 Å². The number of hydrogen-bond acceptors (Lipinski definition) is 8. The smallest absolute Gasteiger partial charge is 0.293 e. The SMILES string of the molecule is COc1ccc(S(=O)(=O)NNC(=O)c2ccc3c(c2)OCCO3)c([N+](=O)[O-])c1. The van der Waals surface area contributed by atoms with Gasteiger partial charge < -0.3 is 14.2 Å². The number of amides is 1. The minimum absolute atomic E-state index is 0.108. The lowest BCUT2D eigenvalue weighted by Gasteiger charge is -2.18. The van der Waals surface area contributed by atoms with Gasteiger partial charge in [0.25, 0.3) is 21.6 Å². The van der Waals surface area contributed by atoms with Crippen LogP contribution < -0.4 is 24.5 Å². The van der Waals surface area contributed by atoms with Gasteiger partial charge in [0.15, 0.2) is 16.4 Å². The van der Waals surface area contributed by atoms with Crippen LogP contribution in [0.2, 0.25) is 0 Å². The Labute approximate surface area is 159 Å². The largest absolute Gasteiger partial charge is 0.497 e. The monoisotopic (exact) mass is 409 g/mol. The van der Waals surface area contributed by atoms with Gasteiger partial charge in [0, 0.05) is 5.56 Å². The number of hydrazine groups is 1. The van der Waals surface area contributed by atoms with Crippen LogP contribution in [0.3, 0.4) is 0 Å². The van der Waals surface area contributed by atoms with Crippen LogP contribution in [-0.4, -0.2) is 39.6 Å². The van der Waals surface area contributed by atoms with Crippen molar-refractivity contribution >= 4 is 21.6 Å². The number of hydrogen-bond donors (Lipinski definition) is 2. The molecule has 148 valence electrons. The van der Waals surface area contributed by atoms with E-state index in [1.165, 1.54) is 31.4 Å². The summed E-state index contributed by atoms with van der Waals surface area (Å²) < 4.78 is 40.4. The lowest BCUT2D eigenvalue weighted by molar-refractivity contribution is -0.387. The number of fused-ring (bicyclic) bond motifs is 1. The molecule has 0 atom stereocenters. The van der Waals surface area contributed by atoms with E-state index in [9.17, 15) is 23.3 Å². The van der Waals surface area contributed by atoms with Gasteiger partial charge in [0.2, 0.25) is 0 Å². The molecule has 0 saturated heterocycles. The van der Waals surface area contributed by atoms with Crippen LogP contribution in [-0.2, 0) is 10.0 Å². The first kappa shape index (κ1) is 19.4. The van der Waals surface area contributed by atoms with Crippen molar-refractivity contribution in [3.8, 4) is 17.2 Å². The maximum atomic E-state index is 12.4. The molecule has 12 heteroatoms. The summed E-state index contributed by atoms with van der Waals surface area (Å²) in [7, 11) is -3.13. The first-order valence-electron chi connectivity index (χ1n) is 7.86. The Hall–Kier alpha value is -3.38. The molecule has 1 heterocycles. The zero-order valence-electron chi connectivity index (χ0n) is 14.5. The average Bonchev–Trinajstić information content (AvgIpc) is 2.71. The topological polar surface area (TPSA) is 146 Å². The van der Waals surface area contributed by atoms with E-state index in [1.807, 2.05) is 10.3 Å². The number of nitrogens with one attached hydrogen (secondary N) is 2. The Kier molecular flexibility index (Phi) is 5.33. The molecule has 0 radical (unpaired) electrons. The van der Waals surface area contributed by atoms with Gasteiger partial charge in [-0.2, -0.15) is 0 Å². The fourth-order valence-corrected chi connectivity index (χ4v) is 3.41. The molecule has 0 aromatic heterocycles. The summed E-state index contributed by atoms with van der Waals surface area (Å²) in [5.74, 6) is 0.160. The predicted molar refractivity (Wildman–Crippen MR) is 94.9 cm³/mol. The summed E-state index contributed by atoms with van der Waals surface area (Å²) >= 11 is 0. The van der Waals surface area contributed by atoms with Crippen molar-refractivity contribution in [1.82, 2.24) is 10.3 Å². The number of sulfonamides is 1. The Morgan fingerprint density at radius 2 is 1.86 bits per heavy atom. The third kappa shape index (κ3) is 3.97. The molecule has 2 aromatic rings. The first-order chi connectivity index (χ1) is 13.3. The number of rotatable bonds is 6. The van der Waals surface area contributed by atoms with Gasteiger partial charge in [-0.15, -0.1) is 4.83 Å². The number of benzene rings is 2. The van der Waals surface area contributed by atoms with Crippen LogP contribution in [0.15, 0.2) is 41.3 Å². The summed E-state index contributed by atoms with van der Waals surface area (Å²) in [5, 5.41) is 11.2. The minimum Gasteiger partial charge on any atom is -0.497 e. The molecule has 28 heavy (non-hydrogen) atoms. The molecule has 0 fully saturated rings. The van der Waals surface area contributed by atoms with Crippen LogP contribution in [0, 0.1) is 10.1 Å². The number of methoxy groups -OCH3 is 1. The molecule has 0 aliphatic carbocycles. The zero-order chi connectivity index (χ0) is 20.3. The number of nitro benzene ring substituents is 1. The fourth-order valence-electron chi connectivity index (χ4n) is 2.42. The molecular weight excluding hydrogens is 394 g/mol. The van der Waals surface area contributed by atoms with Gasteiger partial charge in [0.05, 0.1) is 18.1 Å². The standard InChI is InChI=1S/C16H15N3O8S/c1-25-11-3-5-15(12(9-11)19(21)22)28(23,24)18-17-16(20)10-2-4-13-14(8-10)27-7-6-26-13/h2-5,8-9,18H,6-7H2,1H3,(H,17,20). The molecule has 0 unspecified atom stereocenters. The van der Waals surface area contributed by atoms with Gasteiger partial charge in [-0.1, -0.05) is 0 Å². The van der Waals surface area contributed by atoms with Crippen LogP contribution >= 0.6 is 0 Å². The fraction of sp³-hybridized carbons (Fsp3) is 0.188. The van der Waals surface area contributed by atoms with Gasteiger partial charge in [-0.05, 0) is 30.3 Å². The summed E-state index contributed by atoms with van der Waals surface area (Å²) in [4.78, 5) is 23.8. The molecular formula is C16H15N3O8S. The maximum Gasteiger partial charge on any atom is 0.293 e. The summed E-state index contributed by atoms with van der Waals surface area (Å²) in [6.07, 6.45) is 0. The molecule has 11 nitrogen and oxygen atoms in total. The van der Waals surface area contributed by atoms with Gasteiger partial charge in [-0.3, -0.25) is 20.3 Å². The van der Waals surface area contributed by atoms with Crippen molar-refractivity contribution in [3.05, 3.63) is 52.1 Å². The predicted octanol–water partition coefficient (Wildman–Crippen LogP) is 0.998. The van der Waals surface area contributed by atoms with Crippen molar-refractivity contribution in [3.63, 3.8) is 0 Å². The van der Waals surface area contributed by atoms with E-state index in [0.29, 0.717) is 24.7 Å². The summed E-state index contributed by atoms with van der Waals surface area (Å²) in [5.41, 5.74) is 1.43. The van der Waals surface area contributed by atoms with Crippen molar-refractivity contribution in [2.24, 2.45) is 0 Å². The molecule has 3 rings (SSSR count). The zero-order valence-corrected chi connectivity index (χ0v) is 15.3. The average molecular weight is 409 g/mol. The highest BCUT2D eigenvalue weighted by molar-refractivity contribution is 7.89. The molecule has 1 aliphatic rings. The van der Waals surface area contributed by atoms with E-state index in [-0.39, 0.29) is 11.3 Å². The summed E-state index contributed by atoms with van der Waals surface area (Å²) in [6.45, 7) is 0.713. The van der Waals surface area contributed by atoms with E-state index in [1.54, 1.807) is 0 Å². The Balaban J connectivity index is 1.78. The molecule has 0 spiro atoms. The number of nitrogens with zero attached hydrogens (tertiary/aromatic N) is 1. The van der Waals surface area contributed by atoms with Crippen LogP contribution in [0.5, 0.6) is 17.2 Å². The molecule has 2 N–H and O–H groups in total. The highest BCUT2D eigenvalue weighted by Gasteiger charge is 2.27. The Bertz CT molecular complexity index is 1040. The highest BCUT2D eigenvalue weighted by atomic mass is 32.2. The molecule has 1 aliphatic heterocycles. The van der Waals surface area contributed by atoms with E-state index in [2.05, 4.69) is 0 Å². The van der Waals surface area contributed by atoms with E-state index in [0.717, 1.165) is 12.1 Å². The first-order valence-corrected chi connectivity index (χ1v) is 9.34. The van der Waals surface area contributed by atoms with Crippen molar-refractivity contribution in [2.75, 3.05) is 20.3 Å². The third-order valence-corrected chi connectivity index (χ3v) is 5.05. The maximum absolute atomic E-state index is 12.4.